The minimum Gasteiger partial charge on any atom is -0.438 e. The SMILES string of the molecule is N#CC(C#N)=c1c(=O)c(=O)c1=C1Nc2ccccc2O1. The van der Waals surface area contributed by atoms with E-state index in [1.54, 1.807) is 36.4 Å². The molecule has 6 heteroatoms. The van der Waals surface area contributed by atoms with Crippen molar-refractivity contribution in [2.24, 2.45) is 0 Å². The number of nitrogens with zero attached hydrogens (tertiary/aromatic N) is 2. The van der Waals surface area contributed by atoms with E-state index in [4.69, 9.17) is 15.3 Å². The molecule has 1 heterocycles. The van der Waals surface area contributed by atoms with E-state index in [0.29, 0.717) is 11.4 Å². The molecule has 3 rings (SSSR count). The molecule has 1 aliphatic rings. The van der Waals surface area contributed by atoms with E-state index in [9.17, 15) is 9.59 Å². The second kappa shape index (κ2) is 4.08. The Morgan fingerprint density at radius 1 is 1.10 bits per heavy atom. The fourth-order valence-electron chi connectivity index (χ4n) is 2.01. The van der Waals surface area contributed by atoms with Crippen molar-refractivity contribution in [2.45, 2.75) is 0 Å². The number of benzene rings is 1. The zero-order valence-corrected chi connectivity index (χ0v) is 9.93. The van der Waals surface area contributed by atoms with Crippen LogP contribution in [0.2, 0.25) is 0 Å². The average molecular weight is 263 g/mol. The molecular weight excluding hydrogens is 258 g/mol. The molecule has 1 aliphatic heterocycles. The Morgan fingerprint density at radius 3 is 2.45 bits per heavy atom. The number of ether oxygens (including phenoxy) is 1. The van der Waals surface area contributed by atoms with Crippen molar-refractivity contribution in [1.82, 2.24) is 0 Å². The van der Waals surface area contributed by atoms with Crippen LogP contribution in [0.15, 0.2) is 33.9 Å². The number of fused-ring (bicyclic) bond motifs is 1. The maximum absolute atomic E-state index is 11.7. The van der Waals surface area contributed by atoms with Crippen LogP contribution in [-0.4, -0.2) is 0 Å². The summed E-state index contributed by atoms with van der Waals surface area (Å²) in [5.41, 5.74) is -1.35. The van der Waals surface area contributed by atoms with Gasteiger partial charge in [-0.05, 0) is 12.1 Å². The normalized spacial score (nSPS) is 14.7. The second-order valence-electron chi connectivity index (χ2n) is 4.06. The molecule has 0 saturated heterocycles. The summed E-state index contributed by atoms with van der Waals surface area (Å²) >= 11 is 0. The van der Waals surface area contributed by atoms with Gasteiger partial charge in [0, 0.05) is 0 Å². The quantitative estimate of drug-likeness (QED) is 0.615. The van der Waals surface area contributed by atoms with Gasteiger partial charge in [-0.25, -0.2) is 0 Å². The van der Waals surface area contributed by atoms with Crippen molar-refractivity contribution in [1.29, 1.82) is 10.5 Å². The van der Waals surface area contributed by atoms with Gasteiger partial charge in [-0.15, -0.1) is 0 Å². The highest BCUT2D eigenvalue weighted by Gasteiger charge is 2.23. The van der Waals surface area contributed by atoms with Gasteiger partial charge in [0.1, 0.15) is 17.7 Å². The minimum absolute atomic E-state index is 0.0516. The number of hydrogen-bond donors (Lipinski definition) is 1. The molecule has 0 radical (unpaired) electrons. The largest absolute Gasteiger partial charge is 0.438 e. The first-order valence-electron chi connectivity index (χ1n) is 5.59. The van der Waals surface area contributed by atoms with Crippen molar-refractivity contribution in [3.8, 4) is 17.9 Å². The van der Waals surface area contributed by atoms with Gasteiger partial charge in [0.15, 0.2) is 5.75 Å². The lowest BCUT2D eigenvalue weighted by Crippen LogP contribution is -2.66. The van der Waals surface area contributed by atoms with E-state index in [0.717, 1.165) is 0 Å². The molecular formula is C14H5N3O3. The Bertz CT molecular complexity index is 969. The summed E-state index contributed by atoms with van der Waals surface area (Å²) < 4.78 is 5.44. The van der Waals surface area contributed by atoms with E-state index in [1.807, 2.05) is 0 Å². The third kappa shape index (κ3) is 1.43. The van der Waals surface area contributed by atoms with Crippen molar-refractivity contribution >= 4 is 17.1 Å². The zero-order chi connectivity index (χ0) is 14.3. The van der Waals surface area contributed by atoms with Crippen LogP contribution in [0.1, 0.15) is 0 Å². The first-order chi connectivity index (χ1) is 9.67. The number of nitriles is 2. The van der Waals surface area contributed by atoms with Crippen LogP contribution in [0.3, 0.4) is 0 Å². The molecule has 6 nitrogen and oxygen atoms in total. The highest BCUT2D eigenvalue weighted by molar-refractivity contribution is 5.77. The van der Waals surface area contributed by atoms with Gasteiger partial charge < -0.3 is 10.1 Å². The van der Waals surface area contributed by atoms with Gasteiger partial charge in [-0.3, -0.25) is 9.59 Å². The summed E-state index contributed by atoms with van der Waals surface area (Å²) in [4.78, 5) is 23.2. The third-order valence-corrected chi connectivity index (χ3v) is 2.96. The summed E-state index contributed by atoms with van der Waals surface area (Å²) in [7, 11) is 0. The fraction of sp³-hybridized carbons (Fsp3) is 0. The van der Waals surface area contributed by atoms with Crippen molar-refractivity contribution in [3.63, 3.8) is 0 Å². The van der Waals surface area contributed by atoms with Crippen LogP contribution in [0, 0.1) is 22.7 Å². The molecule has 0 fully saturated rings. The van der Waals surface area contributed by atoms with Gasteiger partial charge in [0.25, 0.3) is 0 Å². The van der Waals surface area contributed by atoms with E-state index >= 15 is 0 Å². The molecule has 2 aromatic rings. The molecule has 1 N–H and O–H groups in total. The van der Waals surface area contributed by atoms with Gasteiger partial charge in [0.05, 0.1) is 16.1 Å². The molecule has 0 aliphatic carbocycles. The van der Waals surface area contributed by atoms with Crippen molar-refractivity contribution in [2.75, 3.05) is 5.32 Å². The van der Waals surface area contributed by atoms with E-state index in [1.165, 1.54) is 0 Å². The first kappa shape index (κ1) is 11.7. The summed E-state index contributed by atoms with van der Waals surface area (Å²) in [6.07, 6.45) is 0. The molecule has 2 aromatic carbocycles. The maximum Gasteiger partial charge on any atom is 0.239 e. The standard InChI is InChI=1S/C14H5N3O3/c15-5-7(6-16)10-11(13(19)12(10)18)14-17-8-3-1-2-4-9(8)20-14/h1-4,17H. The summed E-state index contributed by atoms with van der Waals surface area (Å²) in [6.45, 7) is 0. The fourth-order valence-corrected chi connectivity index (χ4v) is 2.01. The Labute approximate surface area is 111 Å². The minimum atomic E-state index is -0.841. The molecule has 0 bridgehead atoms. The van der Waals surface area contributed by atoms with Crippen LogP contribution in [-0.2, 0) is 0 Å². The Hall–Kier alpha value is -3.38. The third-order valence-electron chi connectivity index (χ3n) is 2.96. The second-order valence-corrected chi connectivity index (χ2v) is 4.06. The Morgan fingerprint density at radius 2 is 1.80 bits per heavy atom. The van der Waals surface area contributed by atoms with Crippen molar-refractivity contribution in [3.05, 3.63) is 55.1 Å². The lowest BCUT2D eigenvalue weighted by atomic mass is 10.1. The lowest BCUT2D eigenvalue weighted by Gasteiger charge is -2.00. The molecule has 0 spiro atoms. The molecule has 20 heavy (non-hydrogen) atoms. The number of nitrogens with one attached hydrogen (secondary N) is 1. The summed E-state index contributed by atoms with van der Waals surface area (Å²) in [5.74, 6) is 0.589. The van der Waals surface area contributed by atoms with Crippen LogP contribution >= 0.6 is 0 Å². The Kier molecular flexibility index (Phi) is 2.38. The van der Waals surface area contributed by atoms with E-state index < -0.39 is 16.4 Å². The smallest absolute Gasteiger partial charge is 0.239 e. The lowest BCUT2D eigenvalue weighted by molar-refractivity contribution is 0.528. The molecule has 0 amide bonds. The number of hydrogen-bond acceptors (Lipinski definition) is 6. The predicted octanol–water partition coefficient (Wildman–Crippen LogP) is -0.949. The monoisotopic (exact) mass is 263 g/mol. The maximum atomic E-state index is 11.7. The zero-order valence-electron chi connectivity index (χ0n) is 9.93. The van der Waals surface area contributed by atoms with Crippen LogP contribution in [0.5, 0.6) is 5.75 Å². The highest BCUT2D eigenvalue weighted by atomic mass is 16.5. The number of para-hydroxylation sites is 2. The first-order valence-corrected chi connectivity index (χ1v) is 5.59. The number of anilines is 1. The topological polar surface area (TPSA) is 103 Å². The van der Waals surface area contributed by atoms with Gasteiger partial charge in [-0.1, -0.05) is 12.1 Å². The average Bonchev–Trinajstić information content (AvgIpc) is 2.89. The molecule has 0 atom stereocenters. The van der Waals surface area contributed by atoms with Gasteiger partial charge in [-0.2, -0.15) is 10.5 Å². The molecule has 0 aromatic heterocycles. The summed E-state index contributed by atoms with van der Waals surface area (Å²) in [5, 5.41) is 20.3. The van der Waals surface area contributed by atoms with Crippen LogP contribution in [0.4, 0.5) is 5.69 Å². The van der Waals surface area contributed by atoms with E-state index in [2.05, 4.69) is 5.32 Å². The molecule has 94 valence electrons. The molecule has 0 unspecified atom stereocenters. The van der Waals surface area contributed by atoms with Gasteiger partial charge in [0.2, 0.25) is 16.7 Å². The highest BCUT2D eigenvalue weighted by Crippen LogP contribution is 2.32. The molecule has 0 saturated carbocycles. The van der Waals surface area contributed by atoms with Crippen molar-refractivity contribution < 1.29 is 4.74 Å². The summed E-state index contributed by atoms with van der Waals surface area (Å²) in [6, 6.07) is 10.2. The van der Waals surface area contributed by atoms with Crippen LogP contribution < -0.4 is 31.3 Å². The predicted molar refractivity (Wildman–Crippen MR) is 69.3 cm³/mol. The van der Waals surface area contributed by atoms with Gasteiger partial charge >= 0.3 is 0 Å². The van der Waals surface area contributed by atoms with Crippen LogP contribution in [0.25, 0.3) is 11.5 Å². The number of rotatable bonds is 0. The van der Waals surface area contributed by atoms with E-state index in [-0.39, 0.29) is 16.3 Å². The Balaban J connectivity index is 2.35.